The van der Waals surface area contributed by atoms with Gasteiger partial charge in [0.15, 0.2) is 15.0 Å². The predicted octanol–water partition coefficient (Wildman–Crippen LogP) is 0.875. The summed E-state index contributed by atoms with van der Waals surface area (Å²) < 4.78 is 133. The van der Waals surface area contributed by atoms with Crippen molar-refractivity contribution in [3.63, 3.8) is 0 Å². The van der Waals surface area contributed by atoms with E-state index in [0.29, 0.717) is 16.7 Å². The second kappa shape index (κ2) is 36.8. The monoisotopic (exact) mass is 1310 g/mol. The summed E-state index contributed by atoms with van der Waals surface area (Å²) in [5, 5.41) is 0. The second-order valence-corrected chi connectivity index (χ2v) is 29.8. The molecule has 0 spiro atoms. The van der Waals surface area contributed by atoms with Crippen molar-refractivity contribution in [1.29, 1.82) is 0 Å². The number of benzene rings is 6. The normalized spacial score (nSPS) is 13.0. The van der Waals surface area contributed by atoms with Gasteiger partial charge in [-0.15, -0.1) is 0 Å². The van der Waals surface area contributed by atoms with Crippen molar-refractivity contribution < 1.29 is 236 Å². The standard InChI is InChI=1S/3C18H23O6PS.3K/c3*1-2-3-14-4-9-16(10-5-14)17-11-6-15(7-12-17)8-13-18(25(19,20)21)26(22,23)24;;;/h3*4-7,9-12,18H,2-3,8,13H2,1H3,(H2,19,20,21)(H,22,23,24);;;/q;;;3*+1/p-3. The zero-order chi connectivity index (χ0) is 58.1. The molecular weight excluding hydrogens is 1240 g/mol. The van der Waals surface area contributed by atoms with Gasteiger partial charge in [0.2, 0.25) is 0 Å². The van der Waals surface area contributed by atoms with Crippen LogP contribution < -0.4 is 154 Å². The number of hydrogen-bond acceptors (Lipinski definition) is 12. The van der Waals surface area contributed by atoms with Crippen LogP contribution >= 0.6 is 22.8 Å². The van der Waals surface area contributed by atoms with Crippen molar-refractivity contribution in [1.82, 2.24) is 0 Å². The summed E-state index contributed by atoms with van der Waals surface area (Å²) in [7, 11) is -30.2. The molecule has 0 amide bonds. The Hall–Kier alpha value is 0.409. The Morgan fingerprint density at radius 2 is 0.444 bits per heavy atom. The molecule has 6 aromatic carbocycles. The smallest absolute Gasteiger partial charge is 0.747 e. The molecule has 0 aliphatic heterocycles. The van der Waals surface area contributed by atoms with Crippen molar-refractivity contribution in [2.75, 3.05) is 0 Å². The average Bonchev–Trinajstić information content (AvgIpc) is 3.34. The molecule has 0 bridgehead atoms. The summed E-state index contributed by atoms with van der Waals surface area (Å²) in [6.07, 6.45) is 5.37. The van der Waals surface area contributed by atoms with Crippen LogP contribution in [0.2, 0.25) is 0 Å². The van der Waals surface area contributed by atoms with Gasteiger partial charge in [-0.05, 0) is 125 Å². The Labute approximate surface area is 604 Å². The van der Waals surface area contributed by atoms with E-state index in [-0.39, 0.29) is 173 Å². The third kappa shape index (κ3) is 28.2. The first-order valence-electron chi connectivity index (χ1n) is 24.9. The fourth-order valence-electron chi connectivity index (χ4n) is 8.36. The van der Waals surface area contributed by atoms with E-state index in [1.165, 1.54) is 16.7 Å². The maximum atomic E-state index is 11.2. The van der Waals surface area contributed by atoms with E-state index in [1.807, 2.05) is 72.8 Å². The third-order valence-corrected chi connectivity index (χ3v) is 23.0. The van der Waals surface area contributed by atoms with Crippen LogP contribution in [0.3, 0.4) is 0 Å². The first-order chi connectivity index (χ1) is 36.3. The number of aryl methyl sites for hydroxylation is 6. The summed E-state index contributed by atoms with van der Waals surface area (Å²) in [5.74, 6) is 0. The van der Waals surface area contributed by atoms with Gasteiger partial charge in [0, 0.05) is 0 Å². The molecule has 0 saturated carbocycles. The van der Waals surface area contributed by atoms with Crippen LogP contribution in [0, 0.1) is 0 Å². The molecule has 6 aromatic rings. The molecule has 0 saturated heterocycles. The van der Waals surface area contributed by atoms with E-state index in [0.717, 1.165) is 71.9 Å². The molecule has 3 atom stereocenters. The van der Waals surface area contributed by atoms with Gasteiger partial charge in [-0.3, -0.25) is 13.7 Å². The minimum absolute atomic E-state index is 0. The van der Waals surface area contributed by atoms with Crippen LogP contribution in [0.1, 0.15) is 92.7 Å². The summed E-state index contributed by atoms with van der Waals surface area (Å²) in [4.78, 5) is 47.8. The molecule has 0 aromatic heterocycles. The van der Waals surface area contributed by atoms with Crippen molar-refractivity contribution in [2.24, 2.45) is 0 Å². The van der Waals surface area contributed by atoms with Gasteiger partial charge < -0.3 is 43.0 Å². The Bertz CT molecular complexity index is 2980. The average molecular weight is 1310 g/mol. The Balaban J connectivity index is 0.000000596. The van der Waals surface area contributed by atoms with Crippen LogP contribution in [0.4, 0.5) is 0 Å². The van der Waals surface area contributed by atoms with E-state index < -0.39 is 87.4 Å². The van der Waals surface area contributed by atoms with Gasteiger partial charge in [0.05, 0.1) is 0 Å². The molecule has 0 aliphatic rings. The molecule has 27 heteroatoms. The molecule has 3 unspecified atom stereocenters. The van der Waals surface area contributed by atoms with Gasteiger partial charge in [0.25, 0.3) is 0 Å². The number of hydrogen-bond donors (Lipinski definition) is 6. The van der Waals surface area contributed by atoms with Gasteiger partial charge >= 0.3 is 177 Å². The first kappa shape index (κ1) is 79.4. The third-order valence-electron chi connectivity index (χ3n) is 12.5. The van der Waals surface area contributed by atoms with Crippen LogP contribution in [-0.4, -0.2) is 83.2 Å². The van der Waals surface area contributed by atoms with E-state index >= 15 is 0 Å². The van der Waals surface area contributed by atoms with Crippen molar-refractivity contribution in [2.45, 2.75) is 113 Å². The molecule has 18 nitrogen and oxygen atoms in total. The van der Waals surface area contributed by atoms with Crippen LogP contribution in [0.25, 0.3) is 33.4 Å². The Morgan fingerprint density at radius 3 is 0.556 bits per heavy atom. The van der Waals surface area contributed by atoms with Gasteiger partial charge in [0.1, 0.15) is 30.4 Å². The molecule has 6 N–H and O–H groups in total. The predicted molar refractivity (Wildman–Crippen MR) is 299 cm³/mol. The maximum Gasteiger partial charge on any atom is 1.00 e. The van der Waals surface area contributed by atoms with Crippen LogP contribution in [0.5, 0.6) is 0 Å². The molecule has 0 aliphatic carbocycles. The topological polar surface area (TPSA) is 344 Å². The molecule has 81 heavy (non-hydrogen) atoms. The maximum absolute atomic E-state index is 11.2. The van der Waals surface area contributed by atoms with Gasteiger partial charge in [-0.2, -0.15) is 0 Å². The molecule has 0 heterocycles. The van der Waals surface area contributed by atoms with Crippen LogP contribution in [0.15, 0.2) is 146 Å². The van der Waals surface area contributed by atoms with Gasteiger partial charge in [-0.1, -0.05) is 186 Å². The van der Waals surface area contributed by atoms with E-state index in [2.05, 4.69) is 57.2 Å². The summed E-state index contributed by atoms with van der Waals surface area (Å²) in [6.45, 7) is 6.38. The number of rotatable bonds is 24. The summed E-state index contributed by atoms with van der Waals surface area (Å²) in [5.41, 5.74) is 12.0. The molecule has 6 rings (SSSR count). The molecular formula is C54H66K3O18P3S3. The molecule has 426 valence electrons. The minimum Gasteiger partial charge on any atom is -0.747 e. The first-order valence-corrected chi connectivity index (χ1v) is 34.3. The second-order valence-electron chi connectivity index (χ2n) is 18.7. The van der Waals surface area contributed by atoms with Crippen molar-refractivity contribution in [3.05, 3.63) is 179 Å². The largest absolute Gasteiger partial charge is 1.00 e. The van der Waals surface area contributed by atoms with E-state index in [1.54, 1.807) is 36.4 Å². The van der Waals surface area contributed by atoms with Gasteiger partial charge in [-0.25, -0.2) is 25.3 Å². The summed E-state index contributed by atoms with van der Waals surface area (Å²) >= 11 is 0. The van der Waals surface area contributed by atoms with Crippen molar-refractivity contribution in [3.8, 4) is 33.4 Å². The zero-order valence-corrected chi connectivity index (χ0v) is 60.7. The van der Waals surface area contributed by atoms with Crippen molar-refractivity contribution >= 4 is 53.1 Å². The fraction of sp³-hybridized carbons (Fsp3) is 0.333. The molecule has 0 radical (unpaired) electrons. The SMILES string of the molecule is CCCc1ccc(-c2ccc(CCC(P(=O)(O)O)S(=O)(=O)[O-])cc2)cc1.CCCc1ccc(-c2ccc(CCC(P(=O)(O)O)S(=O)(=O)[O-])cc2)cc1.CCCc1ccc(-c2ccc(CCC(P(=O)(O)O)S(=O)(=O)[O-])cc2)cc1.[K+].[K+].[K+]. The summed E-state index contributed by atoms with van der Waals surface area (Å²) in [6, 6.07) is 46.5. The quantitative estimate of drug-likeness (QED) is 0.0278. The Kier molecular flexibility index (Phi) is 36.1. The van der Waals surface area contributed by atoms with E-state index in [9.17, 15) is 52.6 Å². The zero-order valence-electron chi connectivity index (χ0n) is 46.2. The fourth-order valence-corrected chi connectivity index (χ4v) is 15.0. The molecule has 0 fully saturated rings. The Morgan fingerprint density at radius 1 is 0.309 bits per heavy atom. The van der Waals surface area contributed by atoms with E-state index in [4.69, 9.17) is 29.4 Å². The minimum atomic E-state index is -5.07. The van der Waals surface area contributed by atoms with Crippen LogP contribution in [-0.2, 0) is 82.6 Å².